The topological polar surface area (TPSA) is 52.3 Å². The number of alkyl halides is 2. The van der Waals surface area contributed by atoms with Crippen molar-refractivity contribution in [3.05, 3.63) is 71.2 Å². The highest BCUT2D eigenvalue weighted by atomic mass is 32.1. The van der Waals surface area contributed by atoms with Gasteiger partial charge < -0.3 is 4.84 Å². The first-order valence-corrected chi connectivity index (χ1v) is 9.53. The minimum absolute atomic E-state index is 0.0477. The number of oxime groups is 1. The summed E-state index contributed by atoms with van der Waals surface area (Å²) in [4.78, 5) is 14.0. The molecule has 0 unspecified atom stereocenters. The fraction of sp³-hybridized carbons (Fsp3) is 0.150. The second-order valence-corrected chi connectivity index (χ2v) is 7.03. The Morgan fingerprint density at radius 1 is 1.14 bits per heavy atom. The first-order valence-electron chi connectivity index (χ1n) is 8.65. The molecule has 0 aliphatic carbocycles. The minimum Gasteiger partial charge on any atom is -0.389 e. The highest BCUT2D eigenvalue weighted by Crippen LogP contribution is 2.25. The lowest BCUT2D eigenvalue weighted by Crippen LogP contribution is -2.10. The van der Waals surface area contributed by atoms with E-state index >= 15 is 0 Å². The number of nitrogens with zero attached hydrogens (tertiary/aromatic N) is 4. The van der Waals surface area contributed by atoms with Gasteiger partial charge in [0.2, 0.25) is 0 Å². The number of fused-ring (bicyclic) bond motifs is 1. The quantitative estimate of drug-likeness (QED) is 0.302. The molecule has 2 aromatic carbocycles. The van der Waals surface area contributed by atoms with Gasteiger partial charge in [0.25, 0.3) is 0 Å². The van der Waals surface area contributed by atoms with Gasteiger partial charge in [-0.2, -0.15) is 8.78 Å². The van der Waals surface area contributed by atoms with Crippen LogP contribution in [0.15, 0.2) is 59.1 Å². The van der Waals surface area contributed by atoms with Crippen LogP contribution < -0.4 is 0 Å². The molecule has 0 fully saturated rings. The number of hydrogen-bond donors (Lipinski definition) is 0. The first kappa shape index (κ1) is 19.1. The van der Waals surface area contributed by atoms with Crippen molar-refractivity contribution in [3.8, 4) is 10.6 Å². The van der Waals surface area contributed by atoms with Crippen LogP contribution in [0.5, 0.6) is 0 Å². The first-order chi connectivity index (χ1) is 14.0. The lowest BCUT2D eigenvalue weighted by Gasteiger charge is -2.07. The molecule has 148 valence electrons. The number of rotatable bonds is 6. The van der Waals surface area contributed by atoms with Crippen molar-refractivity contribution < 1.29 is 18.0 Å². The van der Waals surface area contributed by atoms with E-state index in [0.717, 1.165) is 15.1 Å². The third-order valence-corrected chi connectivity index (χ3v) is 5.11. The highest BCUT2D eigenvalue weighted by molar-refractivity contribution is 7.13. The Hall–Kier alpha value is -3.20. The number of thiazole rings is 1. The van der Waals surface area contributed by atoms with Gasteiger partial charge >= 0.3 is 6.55 Å². The summed E-state index contributed by atoms with van der Waals surface area (Å²) < 4.78 is 40.9. The summed E-state index contributed by atoms with van der Waals surface area (Å²) in [6, 6.07) is 12.7. The molecule has 5 nitrogen and oxygen atoms in total. The Kier molecular flexibility index (Phi) is 5.30. The van der Waals surface area contributed by atoms with E-state index in [9.17, 15) is 13.2 Å². The Morgan fingerprint density at radius 2 is 1.90 bits per heavy atom. The summed E-state index contributed by atoms with van der Waals surface area (Å²) in [5, 5.41) is 6.47. The van der Waals surface area contributed by atoms with Crippen LogP contribution >= 0.6 is 11.3 Å². The molecule has 0 saturated carbocycles. The molecule has 0 aliphatic rings. The maximum Gasteiger partial charge on any atom is 0.320 e. The van der Waals surface area contributed by atoms with Gasteiger partial charge in [0.15, 0.2) is 12.4 Å². The monoisotopic (exact) mass is 416 g/mol. The van der Waals surface area contributed by atoms with E-state index in [1.165, 1.54) is 23.5 Å². The van der Waals surface area contributed by atoms with Gasteiger partial charge in [-0.3, -0.25) is 4.57 Å². The van der Waals surface area contributed by atoms with E-state index in [2.05, 4.69) is 15.1 Å². The fourth-order valence-corrected chi connectivity index (χ4v) is 3.64. The van der Waals surface area contributed by atoms with Gasteiger partial charge in [0.05, 0.1) is 16.7 Å². The summed E-state index contributed by atoms with van der Waals surface area (Å²) in [6.45, 7) is -1.12. The molecule has 29 heavy (non-hydrogen) atoms. The van der Waals surface area contributed by atoms with E-state index in [0.29, 0.717) is 16.7 Å². The molecule has 4 rings (SSSR count). The maximum absolute atomic E-state index is 13.5. The predicted molar refractivity (Wildman–Crippen MR) is 105 cm³/mol. The number of aromatic nitrogens is 3. The normalized spacial score (nSPS) is 12.1. The third-order valence-electron chi connectivity index (χ3n) is 4.17. The number of benzene rings is 2. The Bertz CT molecular complexity index is 1170. The highest BCUT2D eigenvalue weighted by Gasteiger charge is 2.19. The lowest BCUT2D eigenvalue weighted by atomic mass is 10.2. The molecule has 4 aromatic rings. The number of halogens is 3. The molecular formula is C20H15F3N4OS. The van der Waals surface area contributed by atoms with Crippen molar-refractivity contribution in [2.24, 2.45) is 5.16 Å². The largest absolute Gasteiger partial charge is 0.389 e. The zero-order valence-corrected chi connectivity index (χ0v) is 16.0. The predicted octanol–water partition coefficient (Wildman–Crippen LogP) is 5.63. The molecule has 0 atom stereocenters. The number of para-hydroxylation sites is 2. The van der Waals surface area contributed by atoms with E-state index in [-0.39, 0.29) is 24.0 Å². The van der Waals surface area contributed by atoms with Crippen LogP contribution in [0.1, 0.15) is 25.0 Å². The zero-order valence-electron chi connectivity index (χ0n) is 15.2. The molecule has 2 aromatic heterocycles. The van der Waals surface area contributed by atoms with E-state index < -0.39 is 6.55 Å². The SMILES string of the molecule is C/C(=N/OCc1csc(-c2ccc(F)cc2)n1)c1nc2ccccc2n1C(F)F. The van der Waals surface area contributed by atoms with Crippen LogP contribution in [0.25, 0.3) is 21.6 Å². The van der Waals surface area contributed by atoms with E-state index in [1.54, 1.807) is 48.7 Å². The zero-order chi connectivity index (χ0) is 20.4. The molecule has 0 spiro atoms. The fourth-order valence-electron chi connectivity index (χ4n) is 2.83. The van der Waals surface area contributed by atoms with Crippen LogP contribution in [0.3, 0.4) is 0 Å². The van der Waals surface area contributed by atoms with Crippen LogP contribution in [-0.4, -0.2) is 20.2 Å². The Balaban J connectivity index is 1.50. The van der Waals surface area contributed by atoms with Crippen LogP contribution in [-0.2, 0) is 11.4 Å². The van der Waals surface area contributed by atoms with Crippen molar-refractivity contribution in [1.82, 2.24) is 14.5 Å². The summed E-state index contributed by atoms with van der Waals surface area (Å²) in [5.74, 6) is -0.264. The standard InChI is InChI=1S/C20H15F3N4OS/c1-12(18-25-16-4-2-3-5-17(16)27(18)20(22)23)26-28-10-15-11-29-19(24-15)13-6-8-14(21)9-7-13/h2-9,11,20H,10H2,1H3/b26-12-. The molecule has 0 amide bonds. The van der Waals surface area contributed by atoms with Crippen molar-refractivity contribution >= 4 is 28.1 Å². The van der Waals surface area contributed by atoms with Crippen LogP contribution in [0.4, 0.5) is 13.2 Å². The van der Waals surface area contributed by atoms with Crippen LogP contribution in [0.2, 0.25) is 0 Å². The van der Waals surface area contributed by atoms with Crippen molar-refractivity contribution in [3.63, 3.8) is 0 Å². The van der Waals surface area contributed by atoms with Gasteiger partial charge in [0, 0.05) is 10.9 Å². The van der Waals surface area contributed by atoms with E-state index in [4.69, 9.17) is 4.84 Å². The van der Waals surface area contributed by atoms with Crippen molar-refractivity contribution in [2.45, 2.75) is 20.1 Å². The molecule has 0 aliphatic heterocycles. The molecule has 9 heteroatoms. The summed E-state index contributed by atoms with van der Waals surface area (Å²) in [7, 11) is 0. The summed E-state index contributed by atoms with van der Waals surface area (Å²) in [5.41, 5.74) is 2.45. The Morgan fingerprint density at radius 3 is 2.66 bits per heavy atom. The van der Waals surface area contributed by atoms with Crippen molar-refractivity contribution in [1.29, 1.82) is 0 Å². The van der Waals surface area contributed by atoms with Gasteiger partial charge in [-0.1, -0.05) is 17.3 Å². The average Bonchev–Trinajstić information content (AvgIpc) is 3.33. The molecular weight excluding hydrogens is 401 g/mol. The summed E-state index contributed by atoms with van der Waals surface area (Å²) >= 11 is 1.40. The van der Waals surface area contributed by atoms with Crippen molar-refractivity contribution in [2.75, 3.05) is 0 Å². The average molecular weight is 416 g/mol. The molecule has 0 N–H and O–H groups in total. The van der Waals surface area contributed by atoms with Crippen LogP contribution in [0, 0.1) is 5.82 Å². The molecule has 0 saturated heterocycles. The molecule has 0 bridgehead atoms. The molecule has 2 heterocycles. The van der Waals surface area contributed by atoms with Gasteiger partial charge in [0.1, 0.15) is 16.5 Å². The lowest BCUT2D eigenvalue weighted by molar-refractivity contribution is 0.0735. The van der Waals surface area contributed by atoms with Gasteiger partial charge in [-0.15, -0.1) is 11.3 Å². The smallest absolute Gasteiger partial charge is 0.320 e. The van der Waals surface area contributed by atoms with Gasteiger partial charge in [-0.05, 0) is 43.3 Å². The summed E-state index contributed by atoms with van der Waals surface area (Å²) in [6.07, 6.45) is 0. The van der Waals surface area contributed by atoms with Gasteiger partial charge in [-0.25, -0.2) is 14.4 Å². The second kappa shape index (κ2) is 8.04. The molecule has 0 radical (unpaired) electrons. The number of hydrogen-bond acceptors (Lipinski definition) is 5. The maximum atomic E-state index is 13.5. The second-order valence-electron chi connectivity index (χ2n) is 6.17. The van der Waals surface area contributed by atoms with E-state index in [1.807, 2.05) is 0 Å². The third kappa shape index (κ3) is 4.00. The number of imidazole rings is 1. The minimum atomic E-state index is -2.75. The Labute approximate surface area is 168 Å².